The molecule has 2 rings (SSSR count). The van der Waals surface area contributed by atoms with Crippen LogP contribution in [0.25, 0.3) is 0 Å². The van der Waals surface area contributed by atoms with Crippen LogP contribution in [0.15, 0.2) is 0 Å². The average molecular weight is 280 g/mol. The number of nitrogens with two attached hydrogens (primary N) is 1. The first-order valence-corrected chi connectivity index (χ1v) is 8.89. The zero-order chi connectivity index (χ0) is 14.8. The van der Waals surface area contributed by atoms with Crippen LogP contribution in [0, 0.1) is 23.2 Å². The molecule has 0 radical (unpaired) electrons. The molecule has 0 aromatic rings. The van der Waals surface area contributed by atoms with Crippen molar-refractivity contribution >= 4 is 0 Å². The lowest BCUT2D eigenvalue weighted by Crippen LogP contribution is -2.50. The van der Waals surface area contributed by atoms with Gasteiger partial charge in [-0.2, -0.15) is 0 Å². The molecule has 2 aliphatic rings. The zero-order valence-electron chi connectivity index (χ0n) is 14.2. The highest BCUT2D eigenvalue weighted by Gasteiger charge is 2.36. The summed E-state index contributed by atoms with van der Waals surface area (Å²) in [6.45, 7) is 13.1. The summed E-state index contributed by atoms with van der Waals surface area (Å²) in [5.74, 6) is 2.60. The third kappa shape index (κ3) is 3.76. The van der Waals surface area contributed by atoms with Gasteiger partial charge >= 0.3 is 0 Å². The normalized spacial score (nSPS) is 34.4. The van der Waals surface area contributed by atoms with E-state index < -0.39 is 0 Å². The minimum absolute atomic E-state index is 0.484. The first-order valence-electron chi connectivity index (χ1n) is 8.89. The van der Waals surface area contributed by atoms with E-state index in [9.17, 15) is 0 Å². The average Bonchev–Trinajstić information content (AvgIpc) is 2.45. The molecule has 2 heteroatoms. The molecule has 2 N–H and O–H groups in total. The number of hydrogen-bond donors (Lipinski definition) is 1. The van der Waals surface area contributed by atoms with Gasteiger partial charge in [-0.1, -0.05) is 40.5 Å². The topological polar surface area (TPSA) is 29.3 Å². The van der Waals surface area contributed by atoms with E-state index in [2.05, 4.69) is 32.6 Å². The quantitative estimate of drug-likeness (QED) is 0.849. The van der Waals surface area contributed by atoms with Gasteiger partial charge in [-0.05, 0) is 68.5 Å². The Bertz CT molecular complexity index is 286. The van der Waals surface area contributed by atoms with Gasteiger partial charge in [-0.15, -0.1) is 0 Å². The molecule has 2 fully saturated rings. The molecule has 0 spiro atoms. The molecule has 118 valence electrons. The molecule has 1 aliphatic heterocycles. The molecule has 1 aliphatic carbocycles. The summed E-state index contributed by atoms with van der Waals surface area (Å²) in [7, 11) is 0. The van der Waals surface area contributed by atoms with Crippen molar-refractivity contribution in [1.82, 2.24) is 4.90 Å². The number of nitrogens with zero attached hydrogens (tertiary/aromatic N) is 1. The lowest BCUT2D eigenvalue weighted by atomic mass is 9.73. The van der Waals surface area contributed by atoms with Crippen molar-refractivity contribution in [3.8, 4) is 0 Å². The minimum Gasteiger partial charge on any atom is -0.330 e. The first-order chi connectivity index (χ1) is 9.45. The number of likely N-dealkylation sites (tertiary alicyclic amines) is 1. The van der Waals surface area contributed by atoms with Crippen molar-refractivity contribution in [2.45, 2.75) is 72.3 Å². The van der Waals surface area contributed by atoms with Gasteiger partial charge in [0.05, 0.1) is 0 Å². The van der Waals surface area contributed by atoms with Gasteiger partial charge in [0.2, 0.25) is 0 Å². The lowest BCUT2D eigenvalue weighted by Gasteiger charge is -2.47. The van der Waals surface area contributed by atoms with Crippen LogP contribution in [0.5, 0.6) is 0 Å². The van der Waals surface area contributed by atoms with Gasteiger partial charge < -0.3 is 10.6 Å². The number of hydrogen-bond acceptors (Lipinski definition) is 2. The van der Waals surface area contributed by atoms with E-state index in [1.165, 1.54) is 51.6 Å². The smallest absolute Gasteiger partial charge is 0.0138 e. The van der Waals surface area contributed by atoms with Crippen LogP contribution in [-0.2, 0) is 0 Å². The van der Waals surface area contributed by atoms with E-state index in [1.54, 1.807) is 0 Å². The Hall–Kier alpha value is -0.0800. The maximum absolute atomic E-state index is 6.06. The molecule has 20 heavy (non-hydrogen) atoms. The first kappa shape index (κ1) is 16.3. The summed E-state index contributed by atoms with van der Waals surface area (Å²) in [6, 6.07) is 0.777. The minimum atomic E-state index is 0.484. The van der Waals surface area contributed by atoms with Crippen LogP contribution in [0.3, 0.4) is 0 Å². The van der Waals surface area contributed by atoms with Crippen molar-refractivity contribution < 1.29 is 0 Å². The summed E-state index contributed by atoms with van der Waals surface area (Å²) in [6.07, 6.45) is 8.29. The van der Waals surface area contributed by atoms with Gasteiger partial charge in [0.1, 0.15) is 0 Å². The lowest BCUT2D eigenvalue weighted by molar-refractivity contribution is 0.0311. The fourth-order valence-electron chi connectivity index (χ4n) is 4.48. The predicted molar refractivity (Wildman–Crippen MR) is 87.7 cm³/mol. The van der Waals surface area contributed by atoms with E-state index in [1.807, 2.05) is 0 Å². The van der Waals surface area contributed by atoms with Gasteiger partial charge in [0, 0.05) is 6.04 Å². The number of rotatable bonds is 3. The summed E-state index contributed by atoms with van der Waals surface area (Å²) in [4.78, 5) is 2.79. The second-order valence-corrected chi connectivity index (χ2v) is 8.33. The van der Waals surface area contributed by atoms with Crippen molar-refractivity contribution in [1.29, 1.82) is 0 Å². The van der Waals surface area contributed by atoms with E-state index >= 15 is 0 Å². The highest BCUT2D eigenvalue weighted by molar-refractivity contribution is 4.90. The summed E-state index contributed by atoms with van der Waals surface area (Å²) in [5.41, 5.74) is 6.54. The largest absolute Gasteiger partial charge is 0.330 e. The van der Waals surface area contributed by atoms with Gasteiger partial charge in [-0.3, -0.25) is 0 Å². The van der Waals surface area contributed by atoms with E-state index in [-0.39, 0.29) is 0 Å². The second kappa shape index (κ2) is 6.79. The predicted octanol–water partition coefficient (Wildman–Crippen LogP) is 3.90. The SMILES string of the molecule is CCC1CCC(CN)C(N2CCC(C(C)(C)C)CC2)C1. The zero-order valence-corrected chi connectivity index (χ0v) is 14.2. The van der Waals surface area contributed by atoms with E-state index in [4.69, 9.17) is 5.73 Å². The Labute approximate surface area is 126 Å². The van der Waals surface area contributed by atoms with Gasteiger partial charge in [-0.25, -0.2) is 0 Å². The summed E-state index contributed by atoms with van der Waals surface area (Å²) >= 11 is 0. The Morgan fingerprint density at radius 1 is 1.05 bits per heavy atom. The fraction of sp³-hybridized carbons (Fsp3) is 1.00. The second-order valence-electron chi connectivity index (χ2n) is 8.33. The third-order valence-corrected chi connectivity index (χ3v) is 6.17. The molecule has 0 bridgehead atoms. The number of piperidine rings is 1. The molecule has 0 amide bonds. The Kier molecular flexibility index (Phi) is 5.53. The van der Waals surface area contributed by atoms with Crippen LogP contribution in [0.2, 0.25) is 0 Å². The molecular formula is C18H36N2. The highest BCUT2D eigenvalue weighted by Crippen LogP contribution is 2.38. The monoisotopic (exact) mass is 280 g/mol. The van der Waals surface area contributed by atoms with Crippen molar-refractivity contribution in [2.24, 2.45) is 28.9 Å². The maximum atomic E-state index is 6.06. The Morgan fingerprint density at radius 2 is 1.70 bits per heavy atom. The van der Waals surface area contributed by atoms with Gasteiger partial charge in [0.25, 0.3) is 0 Å². The Morgan fingerprint density at radius 3 is 2.20 bits per heavy atom. The van der Waals surface area contributed by atoms with Gasteiger partial charge in [0.15, 0.2) is 0 Å². The fourth-order valence-corrected chi connectivity index (χ4v) is 4.48. The molecule has 1 saturated carbocycles. The molecule has 3 atom stereocenters. The van der Waals surface area contributed by atoms with Crippen molar-refractivity contribution in [3.63, 3.8) is 0 Å². The molecule has 1 heterocycles. The van der Waals surface area contributed by atoms with Crippen LogP contribution < -0.4 is 5.73 Å². The van der Waals surface area contributed by atoms with Crippen molar-refractivity contribution in [2.75, 3.05) is 19.6 Å². The standard InChI is InChI=1S/C18H36N2/c1-5-14-6-7-15(13-19)17(12-14)20-10-8-16(9-11-20)18(2,3)4/h14-17H,5-13,19H2,1-4H3. The highest BCUT2D eigenvalue weighted by atomic mass is 15.2. The summed E-state index contributed by atoms with van der Waals surface area (Å²) < 4.78 is 0. The van der Waals surface area contributed by atoms with E-state index in [0.717, 1.165) is 30.3 Å². The molecular weight excluding hydrogens is 244 g/mol. The van der Waals surface area contributed by atoms with Crippen LogP contribution in [-0.4, -0.2) is 30.6 Å². The Balaban J connectivity index is 1.93. The van der Waals surface area contributed by atoms with E-state index in [0.29, 0.717) is 5.41 Å². The van der Waals surface area contributed by atoms with Crippen molar-refractivity contribution in [3.05, 3.63) is 0 Å². The molecule has 2 nitrogen and oxygen atoms in total. The third-order valence-electron chi connectivity index (χ3n) is 6.17. The molecule has 1 saturated heterocycles. The van der Waals surface area contributed by atoms with Crippen LogP contribution in [0.1, 0.15) is 66.2 Å². The maximum Gasteiger partial charge on any atom is 0.0138 e. The summed E-state index contributed by atoms with van der Waals surface area (Å²) in [5, 5.41) is 0. The van der Waals surface area contributed by atoms with Crippen LogP contribution >= 0.6 is 0 Å². The molecule has 3 unspecified atom stereocenters. The molecule has 0 aromatic carbocycles. The van der Waals surface area contributed by atoms with Crippen LogP contribution in [0.4, 0.5) is 0 Å². The molecule has 0 aromatic heterocycles.